The molecule has 0 spiro atoms. The van der Waals surface area contributed by atoms with Gasteiger partial charge in [0.05, 0.1) is 0 Å². The number of phenols is 1. The van der Waals surface area contributed by atoms with Gasteiger partial charge in [0.25, 0.3) is 0 Å². The molecule has 0 aliphatic heterocycles. The maximum atomic E-state index is 9.54. The van der Waals surface area contributed by atoms with Crippen molar-refractivity contribution >= 4 is 9.28 Å². The van der Waals surface area contributed by atoms with Gasteiger partial charge in [0.2, 0.25) is 0 Å². The Labute approximate surface area is 98.9 Å². The second-order valence-corrected chi connectivity index (χ2v) is 5.49. The van der Waals surface area contributed by atoms with E-state index in [9.17, 15) is 5.11 Å². The van der Waals surface area contributed by atoms with E-state index in [0.29, 0.717) is 12.4 Å². The van der Waals surface area contributed by atoms with Gasteiger partial charge in [-0.15, -0.1) is 0 Å². The number of hydrogen-bond donors (Lipinski definition) is 1. The molecule has 4 heteroatoms. The maximum Gasteiger partial charge on any atom is 0.318 e. The van der Waals surface area contributed by atoms with Crippen LogP contribution in [0.25, 0.3) is 0 Å². The Hall–Kier alpha value is -0.843. The van der Waals surface area contributed by atoms with E-state index < -0.39 is 9.28 Å². The minimum atomic E-state index is -1.46. The Balaban J connectivity index is 2.23. The Morgan fingerprint density at radius 1 is 1.19 bits per heavy atom. The molecule has 16 heavy (non-hydrogen) atoms. The first-order chi connectivity index (χ1) is 7.74. The predicted molar refractivity (Wildman–Crippen MR) is 67.0 cm³/mol. The second kappa shape index (κ2) is 7.43. The average Bonchev–Trinajstić information content (AvgIpc) is 2.29. The zero-order chi connectivity index (χ0) is 11.8. The van der Waals surface area contributed by atoms with Crippen LogP contribution in [-0.2, 0) is 15.3 Å². The molecule has 0 aliphatic rings. The van der Waals surface area contributed by atoms with Gasteiger partial charge in [-0.05, 0) is 31.0 Å². The fourth-order valence-electron chi connectivity index (χ4n) is 1.39. The molecule has 0 aromatic heterocycles. The third-order valence-electron chi connectivity index (χ3n) is 2.27. The van der Waals surface area contributed by atoms with Crippen LogP contribution in [0.2, 0.25) is 6.55 Å². The van der Waals surface area contributed by atoms with Gasteiger partial charge in [-0.1, -0.05) is 25.1 Å². The topological polar surface area (TPSA) is 38.7 Å². The van der Waals surface area contributed by atoms with Gasteiger partial charge >= 0.3 is 9.28 Å². The molecule has 0 radical (unpaired) electrons. The van der Waals surface area contributed by atoms with Gasteiger partial charge in [0.15, 0.2) is 0 Å². The van der Waals surface area contributed by atoms with Gasteiger partial charge in [0, 0.05) is 13.2 Å². The first kappa shape index (κ1) is 13.2. The molecule has 1 atom stereocenters. The maximum absolute atomic E-state index is 9.54. The van der Waals surface area contributed by atoms with E-state index in [1.807, 2.05) is 24.7 Å². The summed E-state index contributed by atoms with van der Waals surface area (Å²) in [6, 6.07) is 7.35. The standard InChI is InChI=1S/C12H20O3Si/c1-3-9-14-16(2)15-10-8-11-6-4-5-7-12(11)13/h4-7,13,16H,3,8-10H2,1-2H3. The summed E-state index contributed by atoms with van der Waals surface area (Å²) in [7, 11) is -1.46. The van der Waals surface area contributed by atoms with E-state index in [0.717, 1.165) is 25.0 Å². The van der Waals surface area contributed by atoms with Gasteiger partial charge < -0.3 is 14.0 Å². The number of phenolic OH excluding ortho intramolecular Hbond substituents is 1. The summed E-state index contributed by atoms with van der Waals surface area (Å²) in [6.07, 6.45) is 1.76. The zero-order valence-electron chi connectivity index (χ0n) is 9.98. The van der Waals surface area contributed by atoms with E-state index in [4.69, 9.17) is 8.85 Å². The van der Waals surface area contributed by atoms with Crippen LogP contribution in [0.15, 0.2) is 24.3 Å². The molecule has 0 saturated carbocycles. The highest BCUT2D eigenvalue weighted by Crippen LogP contribution is 2.15. The van der Waals surface area contributed by atoms with Crippen LogP contribution in [0.4, 0.5) is 0 Å². The smallest absolute Gasteiger partial charge is 0.318 e. The lowest BCUT2D eigenvalue weighted by molar-refractivity contribution is 0.203. The molecule has 3 nitrogen and oxygen atoms in total. The van der Waals surface area contributed by atoms with Crippen LogP contribution in [0.1, 0.15) is 18.9 Å². The average molecular weight is 240 g/mol. The van der Waals surface area contributed by atoms with Crippen LogP contribution in [0, 0.1) is 0 Å². The molecule has 0 fully saturated rings. The lowest BCUT2D eigenvalue weighted by atomic mass is 10.1. The van der Waals surface area contributed by atoms with Crippen molar-refractivity contribution in [3.05, 3.63) is 29.8 Å². The van der Waals surface area contributed by atoms with Gasteiger partial charge in [-0.3, -0.25) is 0 Å². The summed E-state index contributed by atoms with van der Waals surface area (Å²) in [5, 5.41) is 9.54. The fraction of sp³-hybridized carbons (Fsp3) is 0.500. The highest BCUT2D eigenvalue weighted by atomic mass is 28.3. The highest BCUT2D eigenvalue weighted by molar-refractivity contribution is 6.42. The summed E-state index contributed by atoms with van der Waals surface area (Å²) in [5.41, 5.74) is 0.930. The van der Waals surface area contributed by atoms with E-state index in [1.165, 1.54) is 0 Å². The third kappa shape index (κ3) is 4.79. The molecule has 0 amide bonds. The lowest BCUT2D eigenvalue weighted by Gasteiger charge is -2.12. The molecule has 0 aliphatic carbocycles. The van der Waals surface area contributed by atoms with E-state index in [2.05, 4.69) is 6.92 Å². The van der Waals surface area contributed by atoms with Crippen molar-refractivity contribution in [1.82, 2.24) is 0 Å². The monoisotopic (exact) mass is 240 g/mol. The minimum absolute atomic E-state index is 0.342. The second-order valence-electron chi connectivity index (χ2n) is 3.69. The zero-order valence-corrected chi connectivity index (χ0v) is 11.1. The minimum Gasteiger partial charge on any atom is -0.508 e. The molecule has 1 aromatic carbocycles. The number of para-hydroxylation sites is 1. The quantitative estimate of drug-likeness (QED) is 0.743. The Bertz CT molecular complexity index is 304. The number of aromatic hydroxyl groups is 1. The van der Waals surface area contributed by atoms with E-state index in [1.54, 1.807) is 6.07 Å². The normalized spacial score (nSPS) is 12.6. The van der Waals surface area contributed by atoms with Crippen molar-refractivity contribution in [1.29, 1.82) is 0 Å². The number of rotatable bonds is 7. The lowest BCUT2D eigenvalue weighted by Crippen LogP contribution is -2.20. The van der Waals surface area contributed by atoms with Crippen molar-refractivity contribution in [3.63, 3.8) is 0 Å². The Morgan fingerprint density at radius 2 is 1.88 bits per heavy atom. The Kier molecular flexibility index (Phi) is 6.14. The third-order valence-corrected chi connectivity index (χ3v) is 3.68. The van der Waals surface area contributed by atoms with Crippen LogP contribution >= 0.6 is 0 Å². The predicted octanol–water partition coefficient (Wildman–Crippen LogP) is 2.23. The molecule has 90 valence electrons. The molecule has 1 unspecified atom stereocenters. The van der Waals surface area contributed by atoms with Crippen LogP contribution in [-0.4, -0.2) is 27.6 Å². The first-order valence-electron chi connectivity index (χ1n) is 5.74. The summed E-state index contributed by atoms with van der Waals surface area (Å²) >= 11 is 0. The van der Waals surface area contributed by atoms with E-state index >= 15 is 0 Å². The summed E-state index contributed by atoms with van der Waals surface area (Å²) in [5.74, 6) is 0.342. The molecule has 0 heterocycles. The summed E-state index contributed by atoms with van der Waals surface area (Å²) in [6.45, 7) is 5.52. The largest absolute Gasteiger partial charge is 0.508 e. The first-order valence-corrected chi connectivity index (χ1v) is 7.84. The van der Waals surface area contributed by atoms with Crippen molar-refractivity contribution in [2.45, 2.75) is 26.3 Å². The van der Waals surface area contributed by atoms with Crippen molar-refractivity contribution in [2.75, 3.05) is 13.2 Å². The Morgan fingerprint density at radius 3 is 2.56 bits per heavy atom. The van der Waals surface area contributed by atoms with Gasteiger partial charge in [0.1, 0.15) is 5.75 Å². The van der Waals surface area contributed by atoms with Crippen LogP contribution < -0.4 is 0 Å². The molecular weight excluding hydrogens is 220 g/mol. The van der Waals surface area contributed by atoms with Gasteiger partial charge in [-0.25, -0.2) is 0 Å². The molecule has 1 aromatic rings. The van der Waals surface area contributed by atoms with Crippen molar-refractivity contribution in [2.24, 2.45) is 0 Å². The molecular formula is C12H20O3Si. The molecule has 0 bridgehead atoms. The summed E-state index contributed by atoms with van der Waals surface area (Å²) < 4.78 is 11.1. The number of hydrogen-bond acceptors (Lipinski definition) is 3. The molecule has 1 rings (SSSR count). The molecule has 1 N–H and O–H groups in total. The summed E-state index contributed by atoms with van der Waals surface area (Å²) in [4.78, 5) is 0. The van der Waals surface area contributed by atoms with Crippen molar-refractivity contribution < 1.29 is 14.0 Å². The van der Waals surface area contributed by atoms with Gasteiger partial charge in [-0.2, -0.15) is 0 Å². The number of benzene rings is 1. The van der Waals surface area contributed by atoms with Crippen LogP contribution in [0.5, 0.6) is 5.75 Å². The highest BCUT2D eigenvalue weighted by Gasteiger charge is 2.05. The van der Waals surface area contributed by atoms with Crippen molar-refractivity contribution in [3.8, 4) is 5.75 Å². The van der Waals surface area contributed by atoms with E-state index in [-0.39, 0.29) is 0 Å². The van der Waals surface area contributed by atoms with Crippen LogP contribution in [0.3, 0.4) is 0 Å². The fourth-order valence-corrected chi connectivity index (χ4v) is 2.50. The molecule has 0 saturated heterocycles. The SMILES string of the molecule is CCCO[SiH](C)OCCc1ccccc1O.